The van der Waals surface area contributed by atoms with Crippen LogP contribution in [0.3, 0.4) is 0 Å². The molecule has 5 rings (SSSR count). The lowest BCUT2D eigenvalue weighted by molar-refractivity contribution is -0.119. The van der Waals surface area contributed by atoms with Gasteiger partial charge in [-0.2, -0.15) is 0 Å². The second kappa shape index (κ2) is 10.1. The minimum atomic E-state index is -0.127. The molecule has 0 radical (unpaired) electrons. The number of thiophene rings is 1. The largest absolute Gasteiger partial charge is 0.494 e. The van der Waals surface area contributed by atoms with Crippen LogP contribution in [-0.2, 0) is 11.3 Å². The molecule has 1 aromatic carbocycles. The number of aromatic nitrogens is 3. The van der Waals surface area contributed by atoms with Gasteiger partial charge in [-0.1, -0.05) is 42.8 Å². The van der Waals surface area contributed by atoms with E-state index in [4.69, 9.17) is 9.72 Å². The van der Waals surface area contributed by atoms with Crippen molar-refractivity contribution in [2.75, 3.05) is 12.4 Å². The van der Waals surface area contributed by atoms with Crippen molar-refractivity contribution in [3.63, 3.8) is 0 Å². The molecule has 1 amide bonds. The third-order valence-electron chi connectivity index (χ3n) is 5.97. The lowest BCUT2D eigenvalue weighted by Crippen LogP contribution is -2.34. The summed E-state index contributed by atoms with van der Waals surface area (Å²) in [7, 11) is 0. The van der Waals surface area contributed by atoms with Crippen molar-refractivity contribution in [3.05, 3.63) is 58.5 Å². The Bertz CT molecular complexity index is 1390. The predicted molar refractivity (Wildman–Crippen MR) is 137 cm³/mol. The first-order valence-corrected chi connectivity index (χ1v) is 13.3. The van der Waals surface area contributed by atoms with Crippen molar-refractivity contribution >= 4 is 49.4 Å². The summed E-state index contributed by atoms with van der Waals surface area (Å²) in [4.78, 5) is 36.4. The third-order valence-corrected chi connectivity index (χ3v) is 8.04. The number of ether oxygens (including phenoxy) is 1. The Morgan fingerprint density at radius 2 is 2.06 bits per heavy atom. The summed E-state index contributed by atoms with van der Waals surface area (Å²) in [6.45, 7) is 2.78. The zero-order valence-electron chi connectivity index (χ0n) is 19.0. The Kier molecular flexibility index (Phi) is 6.82. The van der Waals surface area contributed by atoms with E-state index in [1.165, 1.54) is 23.1 Å². The van der Waals surface area contributed by atoms with Crippen LogP contribution < -0.4 is 15.6 Å². The van der Waals surface area contributed by atoms with E-state index >= 15 is 0 Å². The summed E-state index contributed by atoms with van der Waals surface area (Å²) in [5.41, 5.74) is 1.41. The summed E-state index contributed by atoms with van der Waals surface area (Å²) in [6, 6.07) is 11.7. The highest BCUT2D eigenvalue weighted by atomic mass is 32.2. The van der Waals surface area contributed by atoms with Crippen molar-refractivity contribution < 1.29 is 9.53 Å². The Labute approximate surface area is 205 Å². The minimum Gasteiger partial charge on any atom is -0.494 e. The molecular formula is C25H26N4O3S2. The molecule has 1 fully saturated rings. The van der Waals surface area contributed by atoms with Gasteiger partial charge in [0.05, 0.1) is 24.4 Å². The van der Waals surface area contributed by atoms with E-state index in [0.29, 0.717) is 28.5 Å². The molecular weight excluding hydrogens is 468 g/mol. The Morgan fingerprint density at radius 3 is 2.88 bits per heavy atom. The number of rotatable bonds is 8. The van der Waals surface area contributed by atoms with Crippen LogP contribution in [0.15, 0.2) is 52.5 Å². The van der Waals surface area contributed by atoms with Gasteiger partial charge in [-0.05, 0) is 38.0 Å². The van der Waals surface area contributed by atoms with Gasteiger partial charge in [0.25, 0.3) is 5.56 Å². The molecule has 1 aliphatic rings. The molecule has 1 aliphatic carbocycles. The van der Waals surface area contributed by atoms with Gasteiger partial charge < -0.3 is 10.1 Å². The summed E-state index contributed by atoms with van der Waals surface area (Å²) in [6.07, 6.45) is 6.11. The Hall–Kier alpha value is -2.91. The first kappa shape index (κ1) is 22.9. The monoisotopic (exact) mass is 494 g/mol. The Morgan fingerprint density at radius 1 is 1.24 bits per heavy atom. The first-order valence-electron chi connectivity index (χ1n) is 11.5. The van der Waals surface area contributed by atoms with Crippen LogP contribution in [0, 0.1) is 0 Å². The van der Waals surface area contributed by atoms with Crippen LogP contribution in [0.1, 0.15) is 38.2 Å². The molecule has 0 aliphatic heterocycles. The zero-order valence-corrected chi connectivity index (χ0v) is 20.6. The van der Waals surface area contributed by atoms with Gasteiger partial charge in [-0.25, -0.2) is 9.97 Å². The number of amides is 1. The third kappa shape index (κ3) is 4.67. The topological polar surface area (TPSA) is 86.1 Å². The lowest BCUT2D eigenvalue weighted by atomic mass is 10.2. The molecule has 0 atom stereocenters. The molecule has 1 saturated carbocycles. The predicted octanol–water partition coefficient (Wildman–Crippen LogP) is 4.60. The maximum atomic E-state index is 13.7. The smallest absolute Gasteiger partial charge is 0.272 e. The second-order valence-electron chi connectivity index (χ2n) is 8.30. The van der Waals surface area contributed by atoms with Gasteiger partial charge in [-0.15, -0.1) is 11.3 Å². The molecule has 9 heteroatoms. The first-order chi connectivity index (χ1) is 16.6. The van der Waals surface area contributed by atoms with Crippen LogP contribution in [0.4, 0.5) is 0 Å². The molecule has 3 aromatic heterocycles. The molecule has 34 heavy (non-hydrogen) atoms. The summed E-state index contributed by atoms with van der Waals surface area (Å²) >= 11 is 2.66. The summed E-state index contributed by atoms with van der Waals surface area (Å²) in [5.74, 6) is 0.927. The maximum absolute atomic E-state index is 13.7. The fraction of sp³-hybridized carbons (Fsp3) is 0.360. The normalized spacial score (nSPS) is 14.1. The molecule has 3 heterocycles. The van der Waals surface area contributed by atoms with Crippen LogP contribution in [-0.4, -0.2) is 38.8 Å². The standard InChI is InChI=1S/C25H26N4O3S2/c1-2-32-19-12-6-3-8-16(19)14-29-24(31)22-21(18-11-7-13-26-23(18)34-22)28-25(29)33-15-20(30)27-17-9-4-5-10-17/h3,6-8,11-13,17H,2,4-5,9-10,14-15H2,1H3,(H,27,30). The van der Waals surface area contributed by atoms with E-state index in [9.17, 15) is 9.59 Å². The second-order valence-corrected chi connectivity index (χ2v) is 10.2. The van der Waals surface area contributed by atoms with Crippen LogP contribution >= 0.6 is 23.1 Å². The van der Waals surface area contributed by atoms with E-state index in [1.54, 1.807) is 10.8 Å². The number of para-hydroxylation sites is 1. The fourth-order valence-corrected chi connectivity index (χ4v) is 6.20. The molecule has 4 aromatic rings. The van der Waals surface area contributed by atoms with E-state index in [-0.39, 0.29) is 23.3 Å². The van der Waals surface area contributed by atoms with Crippen LogP contribution in [0.5, 0.6) is 5.75 Å². The molecule has 7 nitrogen and oxygen atoms in total. The number of hydrogen-bond donors (Lipinski definition) is 1. The molecule has 0 spiro atoms. The fourth-order valence-electron chi connectivity index (χ4n) is 4.36. The number of nitrogens with zero attached hydrogens (tertiary/aromatic N) is 3. The average Bonchev–Trinajstić information content (AvgIpc) is 3.49. The van der Waals surface area contributed by atoms with Gasteiger partial charge >= 0.3 is 0 Å². The van der Waals surface area contributed by atoms with Gasteiger partial charge in [0.1, 0.15) is 15.3 Å². The highest BCUT2D eigenvalue weighted by molar-refractivity contribution is 7.99. The zero-order chi connectivity index (χ0) is 23.5. The molecule has 0 unspecified atom stereocenters. The lowest BCUT2D eigenvalue weighted by Gasteiger charge is -2.15. The van der Waals surface area contributed by atoms with Gasteiger partial charge in [0, 0.05) is 23.2 Å². The minimum absolute atomic E-state index is 0.0237. The van der Waals surface area contributed by atoms with E-state index in [0.717, 1.165) is 47.2 Å². The van der Waals surface area contributed by atoms with E-state index < -0.39 is 0 Å². The summed E-state index contributed by atoms with van der Waals surface area (Å²) < 4.78 is 8.01. The van der Waals surface area contributed by atoms with Crippen molar-refractivity contribution in [2.24, 2.45) is 0 Å². The quantitative estimate of drug-likeness (QED) is 0.285. The maximum Gasteiger partial charge on any atom is 0.272 e. The summed E-state index contributed by atoms with van der Waals surface area (Å²) in [5, 5.41) is 4.50. The average molecular weight is 495 g/mol. The van der Waals surface area contributed by atoms with Crippen molar-refractivity contribution in [2.45, 2.75) is 50.4 Å². The highest BCUT2D eigenvalue weighted by Crippen LogP contribution is 2.31. The Balaban J connectivity index is 1.53. The number of carbonyl (C=O) groups is 1. The van der Waals surface area contributed by atoms with Gasteiger partial charge in [0.15, 0.2) is 5.16 Å². The number of nitrogens with one attached hydrogen (secondary N) is 1. The molecule has 0 bridgehead atoms. The SMILES string of the molecule is CCOc1ccccc1Cn1c(SCC(=O)NC2CCCC2)nc2c(sc3ncccc32)c1=O. The number of carbonyl (C=O) groups excluding carboxylic acids is 1. The number of hydrogen-bond acceptors (Lipinski definition) is 7. The van der Waals surface area contributed by atoms with Crippen molar-refractivity contribution in [1.29, 1.82) is 0 Å². The number of benzene rings is 1. The van der Waals surface area contributed by atoms with E-state index in [1.807, 2.05) is 43.3 Å². The molecule has 0 saturated heterocycles. The number of thioether (sulfide) groups is 1. The van der Waals surface area contributed by atoms with Crippen LogP contribution in [0.25, 0.3) is 20.4 Å². The highest BCUT2D eigenvalue weighted by Gasteiger charge is 2.21. The van der Waals surface area contributed by atoms with Gasteiger partial charge in [-0.3, -0.25) is 14.2 Å². The van der Waals surface area contributed by atoms with E-state index in [2.05, 4.69) is 10.3 Å². The van der Waals surface area contributed by atoms with Crippen molar-refractivity contribution in [3.8, 4) is 5.75 Å². The van der Waals surface area contributed by atoms with Gasteiger partial charge in [0.2, 0.25) is 5.91 Å². The number of pyridine rings is 1. The van der Waals surface area contributed by atoms with Crippen molar-refractivity contribution in [1.82, 2.24) is 19.9 Å². The molecule has 1 N–H and O–H groups in total. The molecule has 176 valence electrons. The number of fused-ring (bicyclic) bond motifs is 3. The van der Waals surface area contributed by atoms with Crippen LogP contribution in [0.2, 0.25) is 0 Å².